The summed E-state index contributed by atoms with van der Waals surface area (Å²) in [7, 11) is 0. The number of amides is 1. The highest BCUT2D eigenvalue weighted by atomic mass is 35.5. The molecule has 134 valence electrons. The summed E-state index contributed by atoms with van der Waals surface area (Å²) in [5, 5.41) is 11.9. The second-order valence-corrected chi connectivity index (χ2v) is 6.51. The predicted molar refractivity (Wildman–Crippen MR) is 99.1 cm³/mol. The number of nitrogens with one attached hydrogen (secondary N) is 1. The van der Waals surface area contributed by atoms with Crippen LogP contribution in [-0.2, 0) is 17.7 Å². The van der Waals surface area contributed by atoms with Crippen LogP contribution in [0.4, 0.5) is 5.69 Å². The lowest BCUT2D eigenvalue weighted by molar-refractivity contribution is 0.0945. The van der Waals surface area contributed by atoms with Crippen LogP contribution in [0.25, 0.3) is 0 Å². The average Bonchev–Trinajstić information content (AvgIpc) is 2.61. The second-order valence-electron chi connectivity index (χ2n) is 5.20. The van der Waals surface area contributed by atoms with E-state index in [9.17, 15) is 13.6 Å². The Kier molecular flexibility index (Phi) is 7.39. The molecule has 3 N–H and O–H groups in total. The van der Waals surface area contributed by atoms with Crippen molar-refractivity contribution in [3.05, 3.63) is 64.7 Å². The summed E-state index contributed by atoms with van der Waals surface area (Å²) in [4.78, 5) is 11.8. The van der Waals surface area contributed by atoms with Gasteiger partial charge in [0.25, 0.3) is 17.2 Å². The maximum absolute atomic E-state index is 11.8. The van der Waals surface area contributed by atoms with Gasteiger partial charge in [-0.15, -0.1) is 0 Å². The predicted octanol–water partition coefficient (Wildman–Crippen LogP) is 2.25. The highest BCUT2D eigenvalue weighted by Crippen LogP contribution is 2.20. The Morgan fingerprint density at radius 2 is 1.84 bits per heavy atom. The van der Waals surface area contributed by atoms with Crippen molar-refractivity contribution in [1.29, 1.82) is 0 Å². The highest BCUT2D eigenvalue weighted by molar-refractivity contribution is 7.80. The maximum atomic E-state index is 11.8. The molecule has 0 spiro atoms. The van der Waals surface area contributed by atoms with Crippen LogP contribution >= 0.6 is 11.6 Å². The number of aliphatic hydroxyl groups excluding tert-OH is 1. The molecule has 0 saturated heterocycles. The molecule has 0 bridgehead atoms. The molecular weight excluding hydrogens is 364 g/mol. The zero-order valence-corrected chi connectivity index (χ0v) is 15.0. The minimum Gasteiger partial charge on any atom is -0.395 e. The molecular formula is C17H19ClN2O4S. The molecule has 0 aliphatic heterocycles. The molecule has 0 aromatic heterocycles. The van der Waals surface area contributed by atoms with Gasteiger partial charge in [-0.3, -0.25) is 13.7 Å². The molecule has 0 fully saturated rings. The van der Waals surface area contributed by atoms with Gasteiger partial charge in [-0.05, 0) is 42.3 Å². The quantitative estimate of drug-likeness (QED) is 0.611. The summed E-state index contributed by atoms with van der Waals surface area (Å²) in [6.45, 7) is 0.331. The number of aliphatic hydroxyl groups is 1. The monoisotopic (exact) mass is 382 g/mol. The third kappa shape index (κ3) is 5.54. The summed E-state index contributed by atoms with van der Waals surface area (Å²) >= 11 is 3.91. The number of hydrogen-bond donors (Lipinski definition) is 3. The molecule has 0 saturated carbocycles. The van der Waals surface area contributed by atoms with E-state index in [2.05, 4.69) is 5.32 Å². The molecule has 0 aliphatic rings. The Morgan fingerprint density at radius 3 is 2.44 bits per heavy atom. The van der Waals surface area contributed by atoms with E-state index in [4.69, 9.17) is 16.7 Å². The number of nitrogens with zero attached hydrogens (tertiary/aromatic N) is 1. The molecule has 0 radical (unpaired) electrons. The maximum Gasteiger partial charge on any atom is 0.261 e. The molecule has 0 heterocycles. The topological polar surface area (TPSA) is 89.9 Å². The van der Waals surface area contributed by atoms with Gasteiger partial charge < -0.3 is 10.4 Å². The van der Waals surface area contributed by atoms with Crippen molar-refractivity contribution >= 4 is 34.5 Å². The van der Waals surface area contributed by atoms with E-state index in [1.54, 1.807) is 30.3 Å². The minimum absolute atomic E-state index is 0.136. The zero-order valence-electron chi connectivity index (χ0n) is 13.4. The van der Waals surface area contributed by atoms with E-state index in [1.165, 1.54) is 4.31 Å². The van der Waals surface area contributed by atoms with Gasteiger partial charge >= 0.3 is 0 Å². The smallest absolute Gasteiger partial charge is 0.261 e. The summed E-state index contributed by atoms with van der Waals surface area (Å²) < 4.78 is 22.5. The van der Waals surface area contributed by atoms with Gasteiger partial charge in [-0.1, -0.05) is 29.8 Å². The largest absolute Gasteiger partial charge is 0.395 e. The molecule has 1 amide bonds. The van der Waals surface area contributed by atoms with Crippen molar-refractivity contribution in [3.8, 4) is 0 Å². The Morgan fingerprint density at radius 1 is 1.16 bits per heavy atom. The van der Waals surface area contributed by atoms with Gasteiger partial charge in [0.2, 0.25) is 0 Å². The first-order valence-electron chi connectivity index (χ1n) is 7.64. The molecule has 2 rings (SSSR count). The SMILES string of the molecule is O=C(NCCO)c1ccc(N(CCc2ccccc2Cl)S(=O)O)cc1. The number of anilines is 1. The fourth-order valence-electron chi connectivity index (χ4n) is 2.27. The van der Waals surface area contributed by atoms with Gasteiger partial charge in [0.1, 0.15) is 0 Å². The molecule has 8 heteroatoms. The Bertz CT molecular complexity index is 740. The first kappa shape index (κ1) is 19.4. The standard InChI is InChI=1S/C17H19ClN2O4S/c18-16-4-2-1-3-13(16)9-11-20(25(23)24)15-7-5-14(6-8-15)17(22)19-10-12-21/h1-8,21H,9-12H2,(H,19,22)(H,23,24). The summed E-state index contributed by atoms with van der Waals surface area (Å²) in [5.41, 5.74) is 1.82. The molecule has 1 unspecified atom stereocenters. The van der Waals surface area contributed by atoms with Crippen molar-refractivity contribution in [2.45, 2.75) is 6.42 Å². The number of halogens is 1. The Hall–Kier alpha value is -1.93. The van der Waals surface area contributed by atoms with E-state index >= 15 is 0 Å². The number of carbonyl (C=O) groups excluding carboxylic acids is 1. The lowest BCUT2D eigenvalue weighted by atomic mass is 10.1. The molecule has 0 aliphatic carbocycles. The van der Waals surface area contributed by atoms with Crippen LogP contribution in [0.1, 0.15) is 15.9 Å². The van der Waals surface area contributed by atoms with Crippen LogP contribution in [0.3, 0.4) is 0 Å². The van der Waals surface area contributed by atoms with Crippen molar-refractivity contribution in [3.63, 3.8) is 0 Å². The van der Waals surface area contributed by atoms with E-state index in [0.29, 0.717) is 29.2 Å². The number of hydrogen-bond acceptors (Lipinski definition) is 3. The van der Waals surface area contributed by atoms with E-state index in [-0.39, 0.29) is 19.1 Å². The van der Waals surface area contributed by atoms with E-state index in [1.807, 2.05) is 18.2 Å². The van der Waals surface area contributed by atoms with E-state index in [0.717, 1.165) is 5.56 Å². The second kappa shape index (κ2) is 9.53. The Balaban J connectivity index is 2.08. The normalized spacial score (nSPS) is 11.8. The zero-order chi connectivity index (χ0) is 18.2. The van der Waals surface area contributed by atoms with Crippen molar-refractivity contribution in [2.75, 3.05) is 24.0 Å². The van der Waals surface area contributed by atoms with Crippen LogP contribution in [0.5, 0.6) is 0 Å². The first-order chi connectivity index (χ1) is 12.0. The molecule has 1 atom stereocenters. The van der Waals surface area contributed by atoms with Gasteiger partial charge in [-0.2, -0.15) is 0 Å². The Labute approximate surface area is 153 Å². The summed E-state index contributed by atoms with van der Waals surface area (Å²) in [5.74, 6) is -0.312. The molecule has 25 heavy (non-hydrogen) atoms. The van der Waals surface area contributed by atoms with Crippen molar-refractivity contribution in [2.24, 2.45) is 0 Å². The van der Waals surface area contributed by atoms with Crippen LogP contribution in [0.2, 0.25) is 5.02 Å². The lowest BCUT2D eigenvalue weighted by Crippen LogP contribution is -2.28. The van der Waals surface area contributed by atoms with Gasteiger partial charge in [0, 0.05) is 23.7 Å². The summed E-state index contributed by atoms with van der Waals surface area (Å²) in [6.07, 6.45) is 0.505. The van der Waals surface area contributed by atoms with Crippen LogP contribution in [0, 0.1) is 0 Å². The van der Waals surface area contributed by atoms with Crippen molar-refractivity contribution in [1.82, 2.24) is 5.32 Å². The van der Waals surface area contributed by atoms with E-state index < -0.39 is 11.3 Å². The number of carbonyl (C=O) groups is 1. The summed E-state index contributed by atoms with van der Waals surface area (Å²) in [6, 6.07) is 13.7. The van der Waals surface area contributed by atoms with Gasteiger partial charge in [0.05, 0.1) is 12.3 Å². The van der Waals surface area contributed by atoms with Crippen LogP contribution < -0.4 is 9.62 Å². The minimum atomic E-state index is -2.20. The molecule has 2 aromatic rings. The number of benzene rings is 2. The van der Waals surface area contributed by atoms with Gasteiger partial charge in [0.15, 0.2) is 0 Å². The average molecular weight is 383 g/mol. The van der Waals surface area contributed by atoms with Crippen LogP contribution in [-0.4, -0.2) is 39.5 Å². The third-order valence-electron chi connectivity index (χ3n) is 3.55. The first-order valence-corrected chi connectivity index (χ1v) is 9.08. The molecule has 2 aromatic carbocycles. The fraction of sp³-hybridized carbons (Fsp3) is 0.235. The molecule has 6 nitrogen and oxygen atoms in total. The lowest BCUT2D eigenvalue weighted by Gasteiger charge is -2.20. The van der Waals surface area contributed by atoms with Crippen molar-refractivity contribution < 1.29 is 18.7 Å². The number of rotatable bonds is 8. The van der Waals surface area contributed by atoms with Crippen LogP contribution in [0.15, 0.2) is 48.5 Å². The van der Waals surface area contributed by atoms with Gasteiger partial charge in [-0.25, -0.2) is 4.21 Å². The highest BCUT2D eigenvalue weighted by Gasteiger charge is 2.14. The third-order valence-corrected chi connectivity index (χ3v) is 4.68. The fourth-order valence-corrected chi connectivity index (χ4v) is 3.05.